The van der Waals surface area contributed by atoms with Crippen LogP contribution < -0.4 is 0 Å². The molecule has 0 spiro atoms. The second kappa shape index (κ2) is 14.3. The van der Waals surface area contributed by atoms with Gasteiger partial charge in [0.1, 0.15) is 19.6 Å². The Morgan fingerprint density at radius 3 is 0.706 bits per heavy atom. The van der Waals surface area contributed by atoms with Crippen LogP contribution in [0.25, 0.3) is 11.1 Å². The van der Waals surface area contributed by atoms with Crippen LogP contribution in [0.5, 0.6) is 0 Å². The Labute approximate surface area is 293 Å². The molecule has 2 aromatic rings. The van der Waals surface area contributed by atoms with Crippen LogP contribution in [-0.2, 0) is 40.5 Å². The molecule has 34 heavy (non-hydrogen) atoms. The van der Waals surface area contributed by atoms with Gasteiger partial charge in [-0.25, -0.2) is 0 Å². The molecule has 0 atom stereocenters. The summed E-state index contributed by atoms with van der Waals surface area (Å²) in [5, 5.41) is -1.40. The van der Waals surface area contributed by atoms with Gasteiger partial charge in [-0.3, -0.25) is 18.2 Å². The zero-order valence-corrected chi connectivity index (χ0v) is 18.5. The maximum absolute atomic E-state index is 11.8. The van der Waals surface area contributed by atoms with Gasteiger partial charge in [-0.1, -0.05) is 23.2 Å². The van der Waals surface area contributed by atoms with E-state index in [-0.39, 0.29) is 118 Å². The van der Waals surface area contributed by atoms with E-state index < -0.39 is 81.2 Å². The molecule has 2 rings (SSSR count). The minimum absolute atomic E-state index is 0. The van der Waals surface area contributed by atoms with Crippen molar-refractivity contribution < 1.29 is 51.9 Å². The Balaban J connectivity index is -0.00000240. The van der Waals surface area contributed by atoms with Crippen LogP contribution in [0.1, 0.15) is 0 Å². The fourth-order valence-electron chi connectivity index (χ4n) is 2.42. The molecule has 2 aromatic carbocycles. The van der Waals surface area contributed by atoms with Gasteiger partial charge in [0.25, 0.3) is 40.5 Å². The summed E-state index contributed by atoms with van der Waals surface area (Å²) in [5.74, 6) is 0. The first-order valence-electron chi connectivity index (χ1n) is 6.82. The van der Waals surface area contributed by atoms with E-state index in [4.69, 9.17) is 23.2 Å². The molecule has 0 radical (unpaired) electrons. The first-order chi connectivity index (χ1) is 13.2. The van der Waals surface area contributed by atoms with E-state index in [9.17, 15) is 51.9 Å². The minimum atomic E-state index is -5.47. The van der Waals surface area contributed by atoms with Crippen LogP contribution >= 0.6 is 23.2 Å². The van der Waals surface area contributed by atoms with E-state index in [1.54, 1.807) is 0 Å². The Morgan fingerprint density at radius 2 is 0.588 bits per heavy atom. The van der Waals surface area contributed by atoms with E-state index in [1.807, 2.05) is 0 Å². The second-order valence-corrected chi connectivity index (χ2v) is 11.9. The number of hydrogen-bond donors (Lipinski definition) is 4. The molecule has 0 saturated carbocycles. The van der Waals surface area contributed by atoms with Gasteiger partial charge in [-0.2, -0.15) is 33.7 Å². The van der Waals surface area contributed by atoms with Gasteiger partial charge in [0.15, 0.2) is 0 Å². The second-order valence-electron chi connectivity index (χ2n) is 5.45. The first kappa shape index (κ1) is 41.1. The van der Waals surface area contributed by atoms with Crippen LogP contribution in [0.2, 0.25) is 10.0 Å². The van der Waals surface area contributed by atoms with Crippen LogP contribution in [0.3, 0.4) is 0 Å². The molecule has 0 fully saturated rings. The van der Waals surface area contributed by atoms with Gasteiger partial charge in [0.05, 0.1) is 0 Å². The van der Waals surface area contributed by atoms with Crippen molar-refractivity contribution in [2.75, 3.05) is 0 Å². The van der Waals surface area contributed by atoms with Crippen LogP contribution in [-0.4, -0.2) is 170 Å². The van der Waals surface area contributed by atoms with Crippen molar-refractivity contribution in [1.29, 1.82) is 0 Å². The molecule has 22 heteroatoms. The number of rotatable bonds is 5. The van der Waals surface area contributed by atoms with E-state index >= 15 is 0 Å². The summed E-state index contributed by atoms with van der Waals surface area (Å²) in [6.45, 7) is 0. The van der Waals surface area contributed by atoms with Crippen molar-refractivity contribution in [2.24, 2.45) is 0 Å². The Kier molecular flexibility index (Phi) is 17.4. The van der Waals surface area contributed by atoms with Gasteiger partial charge in [0, 0.05) is 21.2 Å². The average Bonchev–Trinajstić information content (AvgIpc) is 2.50. The third kappa shape index (κ3) is 10.0. The van der Waals surface area contributed by atoms with Gasteiger partial charge >= 0.3 is 118 Å². The first-order valence-corrected chi connectivity index (χ1v) is 13.3. The topological polar surface area (TPSA) is 217 Å². The third-order valence-corrected chi connectivity index (χ3v) is 7.37. The monoisotopic (exact) mass is 638 g/mol. The molecule has 0 bridgehead atoms. The van der Waals surface area contributed by atoms with E-state index in [0.29, 0.717) is 24.3 Å². The van der Waals surface area contributed by atoms with Crippen LogP contribution in [0.4, 0.5) is 0 Å². The molecule has 0 aliphatic heterocycles. The zero-order valence-electron chi connectivity index (χ0n) is 13.8. The average molecular weight is 639 g/mol. The molecule has 0 aliphatic carbocycles. The third-order valence-electron chi connectivity index (χ3n) is 3.42. The van der Waals surface area contributed by atoms with Crippen LogP contribution in [0.15, 0.2) is 43.8 Å². The van der Waals surface area contributed by atoms with Gasteiger partial charge in [0.2, 0.25) is 0 Å². The van der Waals surface area contributed by atoms with Crippen molar-refractivity contribution in [2.45, 2.75) is 19.6 Å². The molecule has 4 N–H and O–H groups in total. The summed E-state index contributed by atoms with van der Waals surface area (Å²) in [7, 11) is -21.9. The van der Waals surface area contributed by atoms with Gasteiger partial charge < -0.3 is 0 Å². The molecule has 0 heterocycles. The van der Waals surface area contributed by atoms with Crippen LogP contribution in [0, 0.1) is 0 Å². The molecule has 0 aliphatic rings. The Hall–Kier alpha value is 2.66. The normalized spacial score (nSPS) is 11.8. The molecule has 174 valence electrons. The van der Waals surface area contributed by atoms with E-state index in [0.717, 1.165) is 0 Å². The number of hydrogen-bond acceptors (Lipinski definition) is 8. The summed E-state index contributed by atoms with van der Waals surface area (Å²) in [6.07, 6.45) is 0. The molecular weight excluding hydrogens is 627 g/mol. The number of halogens is 2. The van der Waals surface area contributed by atoms with Crippen molar-refractivity contribution in [1.82, 2.24) is 0 Å². The Morgan fingerprint density at radius 1 is 0.441 bits per heavy atom. The van der Waals surface area contributed by atoms with Gasteiger partial charge in [-0.05, 0) is 24.3 Å². The summed E-state index contributed by atoms with van der Waals surface area (Å²) in [6, 6.07) is 1.60. The van der Waals surface area contributed by atoms with Crippen molar-refractivity contribution in [3.8, 4) is 11.1 Å². The van der Waals surface area contributed by atoms with E-state index in [1.165, 1.54) is 0 Å². The van der Waals surface area contributed by atoms with Crippen molar-refractivity contribution in [3.05, 3.63) is 34.3 Å². The molecule has 0 amide bonds. The van der Waals surface area contributed by atoms with Crippen molar-refractivity contribution >= 4 is 182 Å². The molecular formula is C12H12Cl2Na4O12S4. The quantitative estimate of drug-likeness (QED) is 0.230. The summed E-state index contributed by atoms with van der Waals surface area (Å²) in [5.41, 5.74) is -2.86. The maximum atomic E-state index is 11.8. The predicted octanol–water partition coefficient (Wildman–Crippen LogP) is -0.947. The van der Waals surface area contributed by atoms with E-state index in [2.05, 4.69) is 0 Å². The summed E-state index contributed by atoms with van der Waals surface area (Å²) < 4.78 is 132. The zero-order chi connectivity index (χ0) is 23.4. The predicted molar refractivity (Wildman–Crippen MR) is 130 cm³/mol. The molecule has 12 nitrogen and oxygen atoms in total. The SMILES string of the molecule is O=S(=O)(O)c1cc(Cl)cc(S(=O)(=O)O)c1-c1c(S(=O)(=O)O)cc(Cl)cc1S(=O)(=O)O.[NaH].[NaH].[NaH].[NaH]. The molecule has 0 aromatic heterocycles. The molecule has 0 unspecified atom stereocenters. The molecule has 0 saturated heterocycles. The fourth-order valence-corrected chi connectivity index (χ4v) is 6.23. The van der Waals surface area contributed by atoms with Crippen molar-refractivity contribution in [3.63, 3.8) is 0 Å². The summed E-state index contributed by atoms with van der Waals surface area (Å²) in [4.78, 5) is -5.89. The Bertz CT molecular complexity index is 1290. The standard InChI is InChI=1S/C12H8Cl2O12S4.4Na.4H/c13-5-1-7(27(15,16)17)11(8(2-5)28(18,19)20)12-9(29(21,22)23)3-6(14)4-10(12)30(24,25)26;;;;;;;;/h1-4H,(H,15,16,17)(H,18,19,20)(H,21,22,23)(H,24,25,26);;;;;;;;. The summed E-state index contributed by atoms with van der Waals surface area (Å²) >= 11 is 11.2. The van der Waals surface area contributed by atoms with Gasteiger partial charge in [-0.15, -0.1) is 0 Å². The fraction of sp³-hybridized carbons (Fsp3) is 0. The number of benzene rings is 2.